The molecule has 0 amide bonds. The maximum Gasteiger partial charge on any atom is 0.0642 e. The first kappa shape index (κ1) is 13.9. The van der Waals surface area contributed by atoms with Crippen LogP contribution in [0.2, 0.25) is 0 Å². The first-order chi connectivity index (χ1) is 6.61. The fourth-order valence-corrected chi connectivity index (χ4v) is 1.74. The summed E-state index contributed by atoms with van der Waals surface area (Å²) in [5.41, 5.74) is -0.0970. The smallest absolute Gasteiger partial charge is 0.0642 e. The van der Waals surface area contributed by atoms with E-state index in [4.69, 9.17) is 9.84 Å². The highest BCUT2D eigenvalue weighted by molar-refractivity contribution is 4.85. The van der Waals surface area contributed by atoms with Gasteiger partial charge in [-0.2, -0.15) is 0 Å². The maximum atomic E-state index is 8.99. The monoisotopic (exact) mass is 203 g/mol. The summed E-state index contributed by atoms with van der Waals surface area (Å²) in [5.74, 6) is 0. The van der Waals surface area contributed by atoms with Gasteiger partial charge >= 0.3 is 0 Å². The highest BCUT2D eigenvalue weighted by Gasteiger charge is 2.25. The minimum Gasteiger partial charge on any atom is -0.396 e. The van der Waals surface area contributed by atoms with Gasteiger partial charge in [0.1, 0.15) is 0 Å². The van der Waals surface area contributed by atoms with Gasteiger partial charge in [-0.05, 0) is 26.2 Å². The normalized spacial score (nSPS) is 15.9. The topological polar surface area (TPSA) is 41.5 Å². The first-order valence-electron chi connectivity index (χ1n) is 5.49. The molecule has 14 heavy (non-hydrogen) atoms. The van der Waals surface area contributed by atoms with Crippen LogP contribution in [-0.4, -0.2) is 37.0 Å². The van der Waals surface area contributed by atoms with Gasteiger partial charge in [0.25, 0.3) is 0 Å². The molecule has 0 rings (SSSR count). The molecule has 0 saturated heterocycles. The van der Waals surface area contributed by atoms with Crippen LogP contribution in [0.4, 0.5) is 0 Å². The summed E-state index contributed by atoms with van der Waals surface area (Å²) in [7, 11) is 1.70. The van der Waals surface area contributed by atoms with Crippen molar-refractivity contribution in [2.45, 2.75) is 51.6 Å². The third-order valence-electron chi connectivity index (χ3n) is 2.66. The Morgan fingerprint density at radius 3 is 2.29 bits per heavy atom. The zero-order valence-corrected chi connectivity index (χ0v) is 9.97. The molecule has 0 aromatic rings. The standard InChI is InChI=1S/C11H25NO2/c1-5-10(6-2)12-11(3,7-8-13)9-14-4/h10,12-13H,5-9H2,1-4H3. The SMILES string of the molecule is CCC(CC)NC(C)(CCO)COC. The molecular formula is C11H25NO2. The van der Waals surface area contributed by atoms with Crippen LogP contribution in [0, 0.1) is 0 Å². The summed E-state index contributed by atoms with van der Waals surface area (Å²) in [6.07, 6.45) is 2.96. The van der Waals surface area contributed by atoms with Crippen LogP contribution in [0.3, 0.4) is 0 Å². The quantitative estimate of drug-likeness (QED) is 0.629. The van der Waals surface area contributed by atoms with Crippen molar-refractivity contribution in [2.24, 2.45) is 0 Å². The Balaban J connectivity index is 4.17. The van der Waals surface area contributed by atoms with Crippen molar-refractivity contribution in [3.05, 3.63) is 0 Å². The van der Waals surface area contributed by atoms with E-state index in [9.17, 15) is 0 Å². The zero-order chi connectivity index (χ0) is 11.0. The van der Waals surface area contributed by atoms with E-state index in [-0.39, 0.29) is 12.1 Å². The lowest BCUT2D eigenvalue weighted by molar-refractivity contribution is 0.0888. The molecule has 1 unspecified atom stereocenters. The van der Waals surface area contributed by atoms with Crippen molar-refractivity contribution in [3.63, 3.8) is 0 Å². The molecule has 0 aliphatic carbocycles. The summed E-state index contributed by atoms with van der Waals surface area (Å²) in [6.45, 7) is 7.29. The molecule has 0 saturated carbocycles. The Bertz CT molecular complexity index is 129. The van der Waals surface area contributed by atoms with E-state index in [1.165, 1.54) is 0 Å². The van der Waals surface area contributed by atoms with Crippen molar-refractivity contribution in [1.29, 1.82) is 0 Å². The third kappa shape index (κ3) is 4.94. The first-order valence-corrected chi connectivity index (χ1v) is 5.49. The molecule has 1 atom stereocenters. The highest BCUT2D eigenvalue weighted by Crippen LogP contribution is 2.13. The van der Waals surface area contributed by atoms with Crippen LogP contribution in [0.15, 0.2) is 0 Å². The van der Waals surface area contributed by atoms with Crippen LogP contribution >= 0.6 is 0 Å². The van der Waals surface area contributed by atoms with Gasteiger partial charge in [0.05, 0.1) is 6.61 Å². The van der Waals surface area contributed by atoms with Crippen molar-refractivity contribution < 1.29 is 9.84 Å². The van der Waals surface area contributed by atoms with Crippen molar-refractivity contribution >= 4 is 0 Å². The number of hydrogen-bond donors (Lipinski definition) is 2. The van der Waals surface area contributed by atoms with E-state index >= 15 is 0 Å². The van der Waals surface area contributed by atoms with Gasteiger partial charge in [-0.25, -0.2) is 0 Å². The third-order valence-corrected chi connectivity index (χ3v) is 2.66. The van der Waals surface area contributed by atoms with Gasteiger partial charge in [0.2, 0.25) is 0 Å². The molecule has 0 aliphatic heterocycles. The Morgan fingerprint density at radius 1 is 1.36 bits per heavy atom. The number of ether oxygens (including phenoxy) is 1. The molecule has 0 aliphatic rings. The van der Waals surface area contributed by atoms with Gasteiger partial charge in [-0.3, -0.25) is 0 Å². The molecule has 0 heterocycles. The lowest BCUT2D eigenvalue weighted by atomic mass is 9.96. The summed E-state index contributed by atoms with van der Waals surface area (Å²) in [6, 6.07) is 0.515. The predicted molar refractivity (Wildman–Crippen MR) is 59.5 cm³/mol. The molecule has 3 nitrogen and oxygen atoms in total. The van der Waals surface area contributed by atoms with E-state index < -0.39 is 0 Å². The summed E-state index contributed by atoms with van der Waals surface area (Å²) >= 11 is 0. The fourth-order valence-electron chi connectivity index (χ4n) is 1.74. The molecule has 0 radical (unpaired) electrons. The fraction of sp³-hybridized carbons (Fsp3) is 1.00. The molecule has 0 aromatic carbocycles. The van der Waals surface area contributed by atoms with Crippen LogP contribution in [-0.2, 0) is 4.74 Å². The molecule has 0 spiro atoms. The van der Waals surface area contributed by atoms with E-state index in [0.717, 1.165) is 19.3 Å². The van der Waals surface area contributed by atoms with Gasteiger partial charge in [0.15, 0.2) is 0 Å². The Labute approximate surface area is 87.8 Å². The molecule has 0 fully saturated rings. The molecule has 3 heteroatoms. The van der Waals surface area contributed by atoms with Crippen molar-refractivity contribution in [2.75, 3.05) is 20.3 Å². The minimum absolute atomic E-state index is 0.0970. The number of hydrogen-bond acceptors (Lipinski definition) is 3. The largest absolute Gasteiger partial charge is 0.396 e. The van der Waals surface area contributed by atoms with Gasteiger partial charge in [0, 0.05) is 25.3 Å². The average Bonchev–Trinajstić information content (AvgIpc) is 2.15. The van der Waals surface area contributed by atoms with Gasteiger partial charge in [-0.1, -0.05) is 13.8 Å². The minimum atomic E-state index is -0.0970. The number of aliphatic hydroxyl groups is 1. The number of aliphatic hydroxyl groups excluding tert-OH is 1. The molecule has 86 valence electrons. The predicted octanol–water partition coefficient (Wildman–Crippen LogP) is 1.55. The van der Waals surface area contributed by atoms with Crippen LogP contribution in [0.1, 0.15) is 40.0 Å². The summed E-state index contributed by atoms with van der Waals surface area (Å²) in [4.78, 5) is 0. The van der Waals surface area contributed by atoms with E-state index in [1.54, 1.807) is 7.11 Å². The molecule has 0 aromatic heterocycles. The zero-order valence-electron chi connectivity index (χ0n) is 9.97. The number of methoxy groups -OCH3 is 1. The second kappa shape index (κ2) is 7.21. The van der Waals surface area contributed by atoms with Crippen LogP contribution < -0.4 is 5.32 Å². The lowest BCUT2D eigenvalue weighted by Gasteiger charge is -2.33. The highest BCUT2D eigenvalue weighted by atomic mass is 16.5. The summed E-state index contributed by atoms with van der Waals surface area (Å²) in [5, 5.41) is 12.5. The average molecular weight is 203 g/mol. The second-order valence-electron chi connectivity index (χ2n) is 4.13. The van der Waals surface area contributed by atoms with Gasteiger partial charge in [-0.15, -0.1) is 0 Å². The van der Waals surface area contributed by atoms with Crippen molar-refractivity contribution in [3.8, 4) is 0 Å². The molecule has 0 bridgehead atoms. The maximum absolute atomic E-state index is 8.99. The van der Waals surface area contributed by atoms with E-state index in [1.807, 2.05) is 0 Å². The lowest BCUT2D eigenvalue weighted by Crippen LogP contribution is -2.51. The second-order valence-corrected chi connectivity index (χ2v) is 4.13. The number of nitrogens with one attached hydrogen (secondary N) is 1. The Morgan fingerprint density at radius 2 is 1.93 bits per heavy atom. The van der Waals surface area contributed by atoms with E-state index in [0.29, 0.717) is 12.6 Å². The van der Waals surface area contributed by atoms with Gasteiger partial charge < -0.3 is 15.2 Å². The molecular weight excluding hydrogens is 178 g/mol. The molecule has 2 N–H and O–H groups in total. The van der Waals surface area contributed by atoms with E-state index in [2.05, 4.69) is 26.1 Å². The Kier molecular flexibility index (Phi) is 7.15. The number of rotatable bonds is 8. The van der Waals surface area contributed by atoms with Crippen molar-refractivity contribution in [1.82, 2.24) is 5.32 Å². The summed E-state index contributed by atoms with van der Waals surface area (Å²) < 4.78 is 5.18. The van der Waals surface area contributed by atoms with Crippen LogP contribution in [0.25, 0.3) is 0 Å². The Hall–Kier alpha value is -0.120. The van der Waals surface area contributed by atoms with Crippen LogP contribution in [0.5, 0.6) is 0 Å².